The average Bonchev–Trinajstić information content (AvgIpc) is 3.53. The Morgan fingerprint density at radius 3 is 2.58 bits per heavy atom. The van der Waals surface area contributed by atoms with Crippen molar-refractivity contribution in [2.24, 2.45) is 5.10 Å². The van der Waals surface area contributed by atoms with Crippen molar-refractivity contribution < 1.29 is 14.3 Å². The molecule has 33 heavy (non-hydrogen) atoms. The van der Waals surface area contributed by atoms with Crippen LogP contribution >= 0.6 is 11.6 Å². The van der Waals surface area contributed by atoms with Gasteiger partial charge in [-0.15, -0.1) is 0 Å². The van der Waals surface area contributed by atoms with Crippen molar-refractivity contribution in [1.82, 2.24) is 9.58 Å². The summed E-state index contributed by atoms with van der Waals surface area (Å²) in [5.41, 5.74) is 4.04. The molecule has 1 aliphatic carbocycles. The molecule has 2 aliphatic rings. The van der Waals surface area contributed by atoms with Gasteiger partial charge in [0.25, 0.3) is 5.91 Å². The lowest BCUT2D eigenvalue weighted by Gasteiger charge is -2.19. The summed E-state index contributed by atoms with van der Waals surface area (Å²) in [4.78, 5) is 26.1. The summed E-state index contributed by atoms with van der Waals surface area (Å²) in [6.45, 7) is 1.95. The van der Waals surface area contributed by atoms with E-state index in [0.717, 1.165) is 59.3 Å². The van der Waals surface area contributed by atoms with Gasteiger partial charge in [0, 0.05) is 28.1 Å². The van der Waals surface area contributed by atoms with Gasteiger partial charge in [0.1, 0.15) is 5.75 Å². The lowest BCUT2D eigenvalue weighted by molar-refractivity contribution is -0.130. The third-order valence-corrected chi connectivity index (χ3v) is 7.00. The Morgan fingerprint density at radius 1 is 1.15 bits per heavy atom. The number of halogens is 1. The van der Waals surface area contributed by atoms with E-state index in [1.54, 1.807) is 41.0 Å². The van der Waals surface area contributed by atoms with Crippen LogP contribution < -0.4 is 4.74 Å². The molecule has 1 amide bonds. The van der Waals surface area contributed by atoms with Crippen LogP contribution in [0.4, 0.5) is 0 Å². The highest BCUT2D eigenvalue weighted by Gasteiger charge is 2.33. The summed E-state index contributed by atoms with van der Waals surface area (Å²) in [7, 11) is 1.63. The van der Waals surface area contributed by atoms with Gasteiger partial charge in [0.05, 0.1) is 30.8 Å². The first-order valence-electron chi connectivity index (χ1n) is 11.3. The van der Waals surface area contributed by atoms with Crippen molar-refractivity contribution in [3.63, 3.8) is 0 Å². The molecule has 170 valence electrons. The van der Waals surface area contributed by atoms with Crippen molar-refractivity contribution in [1.29, 1.82) is 0 Å². The Hall–Kier alpha value is -3.12. The normalized spacial score (nSPS) is 16.6. The van der Waals surface area contributed by atoms with E-state index in [1.807, 2.05) is 25.1 Å². The molecule has 0 atom stereocenters. The monoisotopic (exact) mass is 463 g/mol. The summed E-state index contributed by atoms with van der Waals surface area (Å²) in [6, 6.07) is 12.9. The Labute approximate surface area is 197 Å². The Balaban J connectivity index is 1.56. The number of fused-ring (bicyclic) bond motifs is 1. The minimum absolute atomic E-state index is 0.0770. The quantitative estimate of drug-likeness (QED) is 0.510. The summed E-state index contributed by atoms with van der Waals surface area (Å²) >= 11 is 6.02. The number of rotatable bonds is 5. The van der Waals surface area contributed by atoms with Gasteiger partial charge in [-0.05, 0) is 67.8 Å². The first-order valence-corrected chi connectivity index (χ1v) is 11.7. The summed E-state index contributed by atoms with van der Waals surface area (Å²) < 4.78 is 7.19. The smallest absolute Gasteiger partial charge is 0.262 e. The number of nitrogens with zero attached hydrogens (tertiary/aromatic N) is 3. The molecule has 0 radical (unpaired) electrons. The van der Waals surface area contributed by atoms with Crippen LogP contribution in [0.3, 0.4) is 0 Å². The highest BCUT2D eigenvalue weighted by molar-refractivity contribution is 6.30. The number of carbonyl (C=O) groups is 2. The molecular formula is C26H26ClN3O3. The average molecular weight is 464 g/mol. The van der Waals surface area contributed by atoms with E-state index in [-0.39, 0.29) is 17.9 Å². The maximum absolute atomic E-state index is 13.5. The van der Waals surface area contributed by atoms with Crippen LogP contribution in [0.5, 0.6) is 5.75 Å². The Morgan fingerprint density at radius 2 is 1.88 bits per heavy atom. The number of ether oxygens (including phenoxy) is 1. The number of aromatic nitrogens is 1. The van der Waals surface area contributed by atoms with Gasteiger partial charge in [0.15, 0.2) is 0 Å². The molecule has 7 heteroatoms. The van der Waals surface area contributed by atoms with Crippen molar-refractivity contribution in [3.05, 3.63) is 64.3 Å². The number of methoxy groups -OCH3 is 1. The standard InChI is InChI=1S/C26H26ClN3O3/c1-16-22(13-19-14-25(31)30(28-19)20-5-3-4-6-20)23-15-21(33-2)11-12-24(23)29(16)26(32)17-7-9-18(27)10-8-17/h7-12,15,20H,3-6,13-14H2,1-2H3. The molecule has 0 spiro atoms. The fourth-order valence-corrected chi connectivity index (χ4v) is 5.16. The van der Waals surface area contributed by atoms with Crippen molar-refractivity contribution in [3.8, 4) is 5.75 Å². The fraction of sp³-hybridized carbons (Fsp3) is 0.346. The molecule has 3 aromatic rings. The third-order valence-electron chi connectivity index (χ3n) is 6.75. The summed E-state index contributed by atoms with van der Waals surface area (Å²) in [5.74, 6) is 0.674. The highest BCUT2D eigenvalue weighted by atomic mass is 35.5. The van der Waals surface area contributed by atoms with E-state index < -0.39 is 0 Å². The Bertz CT molecular complexity index is 1270. The topological polar surface area (TPSA) is 63.9 Å². The zero-order valence-corrected chi connectivity index (χ0v) is 19.6. The maximum atomic E-state index is 13.5. The van der Waals surface area contributed by atoms with E-state index in [9.17, 15) is 9.59 Å². The number of carbonyl (C=O) groups excluding carboxylic acids is 2. The van der Waals surface area contributed by atoms with Crippen molar-refractivity contribution in [2.75, 3.05) is 7.11 Å². The number of benzene rings is 2. The van der Waals surface area contributed by atoms with Gasteiger partial charge in [-0.25, -0.2) is 5.01 Å². The Kier molecular flexibility index (Phi) is 5.71. The number of amides is 1. The summed E-state index contributed by atoms with van der Waals surface area (Å²) in [6.07, 6.45) is 5.20. The molecule has 0 saturated heterocycles. The largest absolute Gasteiger partial charge is 0.497 e. The number of hydrogen-bond acceptors (Lipinski definition) is 4. The summed E-state index contributed by atoms with van der Waals surface area (Å²) in [5, 5.41) is 7.94. The van der Waals surface area contributed by atoms with E-state index in [0.29, 0.717) is 23.4 Å². The lowest BCUT2D eigenvalue weighted by atomic mass is 10.0. The molecule has 2 aromatic carbocycles. The molecular weight excluding hydrogens is 438 g/mol. The predicted molar refractivity (Wildman–Crippen MR) is 129 cm³/mol. The first-order chi connectivity index (χ1) is 16.0. The van der Waals surface area contributed by atoms with Gasteiger partial charge < -0.3 is 4.74 Å². The maximum Gasteiger partial charge on any atom is 0.262 e. The van der Waals surface area contributed by atoms with Crippen LogP contribution in [0.15, 0.2) is 47.6 Å². The van der Waals surface area contributed by atoms with E-state index >= 15 is 0 Å². The molecule has 5 rings (SSSR count). The molecule has 1 aromatic heterocycles. The molecule has 0 bridgehead atoms. The van der Waals surface area contributed by atoms with E-state index in [1.165, 1.54) is 0 Å². The van der Waals surface area contributed by atoms with Crippen LogP contribution in [-0.4, -0.2) is 40.3 Å². The molecule has 6 nitrogen and oxygen atoms in total. The van der Waals surface area contributed by atoms with E-state index in [4.69, 9.17) is 21.4 Å². The van der Waals surface area contributed by atoms with E-state index in [2.05, 4.69) is 0 Å². The zero-order valence-electron chi connectivity index (χ0n) is 18.8. The third kappa shape index (κ3) is 3.93. The predicted octanol–water partition coefficient (Wildman–Crippen LogP) is 5.37. The number of hydrazone groups is 1. The molecule has 1 saturated carbocycles. The lowest BCUT2D eigenvalue weighted by Crippen LogP contribution is -2.30. The SMILES string of the molecule is COc1ccc2c(c1)c(CC1=NN(C3CCCC3)C(=O)C1)c(C)n2C(=O)c1ccc(Cl)cc1. The van der Waals surface area contributed by atoms with Crippen molar-refractivity contribution in [2.45, 2.75) is 51.5 Å². The fourth-order valence-electron chi connectivity index (χ4n) is 5.03. The first kappa shape index (κ1) is 21.7. The second kappa shape index (κ2) is 8.67. The van der Waals surface area contributed by atoms with Gasteiger partial charge >= 0.3 is 0 Å². The van der Waals surface area contributed by atoms with Gasteiger partial charge in [-0.1, -0.05) is 24.4 Å². The molecule has 1 aliphatic heterocycles. The van der Waals surface area contributed by atoms with Gasteiger partial charge in [-0.2, -0.15) is 5.10 Å². The molecule has 2 heterocycles. The highest BCUT2D eigenvalue weighted by Crippen LogP contribution is 2.33. The zero-order chi connectivity index (χ0) is 23.1. The van der Waals surface area contributed by atoms with Gasteiger partial charge in [0.2, 0.25) is 5.91 Å². The van der Waals surface area contributed by atoms with Gasteiger partial charge in [-0.3, -0.25) is 14.2 Å². The second-order valence-corrected chi connectivity index (χ2v) is 9.23. The van der Waals surface area contributed by atoms with Crippen LogP contribution in [0, 0.1) is 6.92 Å². The molecule has 0 unspecified atom stereocenters. The number of hydrogen-bond donors (Lipinski definition) is 0. The second-order valence-electron chi connectivity index (χ2n) is 8.79. The van der Waals surface area contributed by atoms with Crippen LogP contribution in [0.2, 0.25) is 5.02 Å². The van der Waals surface area contributed by atoms with Crippen LogP contribution in [0.25, 0.3) is 10.9 Å². The molecule has 1 fully saturated rings. The molecule has 0 N–H and O–H groups in total. The van der Waals surface area contributed by atoms with Crippen LogP contribution in [0.1, 0.15) is 53.7 Å². The minimum atomic E-state index is -0.123. The van der Waals surface area contributed by atoms with Crippen LogP contribution in [-0.2, 0) is 11.2 Å². The minimum Gasteiger partial charge on any atom is -0.497 e. The van der Waals surface area contributed by atoms with Crippen molar-refractivity contribution >= 4 is 40.0 Å².